The van der Waals surface area contributed by atoms with Gasteiger partial charge in [0.25, 0.3) is 0 Å². The van der Waals surface area contributed by atoms with Crippen LogP contribution in [-0.2, 0) is 0 Å². The lowest BCUT2D eigenvalue weighted by Gasteiger charge is -2.42. The van der Waals surface area contributed by atoms with E-state index in [0.717, 1.165) is 6.04 Å². The molecule has 0 bridgehead atoms. The maximum absolute atomic E-state index is 4.50. The monoisotopic (exact) mass is 260 g/mol. The maximum atomic E-state index is 4.50. The van der Waals surface area contributed by atoms with E-state index in [4.69, 9.17) is 0 Å². The quantitative estimate of drug-likeness (QED) is 0.796. The van der Waals surface area contributed by atoms with E-state index in [1.165, 1.54) is 37.8 Å². The minimum Gasteiger partial charge on any atom is -0.295 e. The average molecular weight is 260 g/mol. The molecule has 106 valence electrons. The van der Waals surface area contributed by atoms with E-state index >= 15 is 0 Å². The topological polar surface area (TPSA) is 16.1 Å². The molecule has 0 aromatic carbocycles. The third-order valence-electron chi connectivity index (χ3n) is 5.32. The summed E-state index contributed by atoms with van der Waals surface area (Å²) in [6, 6.07) is 7.35. The molecule has 0 amide bonds. The van der Waals surface area contributed by atoms with Gasteiger partial charge in [-0.2, -0.15) is 0 Å². The summed E-state index contributed by atoms with van der Waals surface area (Å²) in [5.41, 5.74) is 1.78. The lowest BCUT2D eigenvalue weighted by Crippen LogP contribution is -2.39. The van der Waals surface area contributed by atoms with Crippen molar-refractivity contribution in [3.63, 3.8) is 0 Å². The molecule has 1 aliphatic rings. The van der Waals surface area contributed by atoms with Crippen LogP contribution in [0.1, 0.15) is 64.6 Å². The highest BCUT2D eigenvalue weighted by Gasteiger charge is 2.32. The van der Waals surface area contributed by atoms with Gasteiger partial charge in [-0.25, -0.2) is 0 Å². The first-order valence-electron chi connectivity index (χ1n) is 7.68. The van der Waals surface area contributed by atoms with Gasteiger partial charge in [0.15, 0.2) is 0 Å². The van der Waals surface area contributed by atoms with Gasteiger partial charge in [-0.3, -0.25) is 9.88 Å². The van der Waals surface area contributed by atoms with E-state index < -0.39 is 0 Å². The molecular formula is C17H28N2. The molecule has 0 spiro atoms. The Kier molecular flexibility index (Phi) is 4.62. The second kappa shape index (κ2) is 6.04. The molecule has 1 aromatic heterocycles. The molecule has 1 aliphatic carbocycles. The van der Waals surface area contributed by atoms with E-state index in [0.29, 0.717) is 11.5 Å². The SMILES string of the molecule is CCC1(C)CCC(N(C)C(C)c2ccccn2)CC1. The highest BCUT2D eigenvalue weighted by Crippen LogP contribution is 2.40. The third kappa shape index (κ3) is 3.36. The van der Waals surface area contributed by atoms with Gasteiger partial charge in [-0.1, -0.05) is 26.3 Å². The fourth-order valence-corrected chi connectivity index (χ4v) is 3.21. The molecule has 0 N–H and O–H groups in total. The van der Waals surface area contributed by atoms with Gasteiger partial charge in [-0.05, 0) is 57.2 Å². The number of nitrogens with zero attached hydrogens (tertiary/aromatic N) is 2. The molecule has 1 atom stereocenters. The molecule has 0 radical (unpaired) electrons. The zero-order valence-electron chi connectivity index (χ0n) is 12.9. The summed E-state index contributed by atoms with van der Waals surface area (Å²) in [5, 5.41) is 0. The summed E-state index contributed by atoms with van der Waals surface area (Å²) in [5.74, 6) is 0. The number of hydrogen-bond acceptors (Lipinski definition) is 2. The first kappa shape index (κ1) is 14.5. The normalized spacial score (nSPS) is 29.4. The Balaban J connectivity index is 1.96. The smallest absolute Gasteiger partial charge is 0.0572 e. The summed E-state index contributed by atoms with van der Waals surface area (Å²) in [6.45, 7) is 7.06. The molecule has 1 aromatic rings. The van der Waals surface area contributed by atoms with Crippen molar-refractivity contribution in [3.05, 3.63) is 30.1 Å². The molecule has 0 aliphatic heterocycles. The van der Waals surface area contributed by atoms with Crippen molar-refractivity contribution in [2.75, 3.05) is 7.05 Å². The second-order valence-electron chi connectivity index (χ2n) is 6.49. The van der Waals surface area contributed by atoms with Gasteiger partial charge in [-0.15, -0.1) is 0 Å². The summed E-state index contributed by atoms with van der Waals surface area (Å²) in [6.07, 6.45) is 8.62. The van der Waals surface area contributed by atoms with Crippen molar-refractivity contribution in [3.8, 4) is 0 Å². The molecule has 1 unspecified atom stereocenters. The van der Waals surface area contributed by atoms with E-state index in [1.54, 1.807) is 0 Å². The predicted molar refractivity (Wildman–Crippen MR) is 81.1 cm³/mol. The van der Waals surface area contributed by atoms with Crippen LogP contribution in [0.3, 0.4) is 0 Å². The predicted octanol–water partition coefficient (Wildman–Crippen LogP) is 4.43. The lowest BCUT2D eigenvalue weighted by atomic mass is 9.72. The highest BCUT2D eigenvalue weighted by molar-refractivity contribution is 5.08. The fourth-order valence-electron chi connectivity index (χ4n) is 3.21. The van der Waals surface area contributed by atoms with Crippen molar-refractivity contribution < 1.29 is 0 Å². The van der Waals surface area contributed by atoms with Crippen LogP contribution >= 0.6 is 0 Å². The summed E-state index contributed by atoms with van der Waals surface area (Å²) in [4.78, 5) is 7.02. The van der Waals surface area contributed by atoms with Crippen LogP contribution in [0.4, 0.5) is 0 Å². The van der Waals surface area contributed by atoms with Gasteiger partial charge in [0.2, 0.25) is 0 Å². The second-order valence-corrected chi connectivity index (χ2v) is 6.49. The lowest BCUT2D eigenvalue weighted by molar-refractivity contribution is 0.0882. The zero-order valence-corrected chi connectivity index (χ0v) is 12.9. The Morgan fingerprint density at radius 2 is 2.05 bits per heavy atom. The van der Waals surface area contributed by atoms with Gasteiger partial charge in [0.1, 0.15) is 0 Å². The Morgan fingerprint density at radius 1 is 1.37 bits per heavy atom. The summed E-state index contributed by atoms with van der Waals surface area (Å²) in [7, 11) is 2.26. The van der Waals surface area contributed by atoms with Crippen molar-refractivity contribution in [1.29, 1.82) is 0 Å². The van der Waals surface area contributed by atoms with Crippen molar-refractivity contribution in [2.24, 2.45) is 5.41 Å². The minimum atomic E-state index is 0.414. The minimum absolute atomic E-state index is 0.414. The van der Waals surface area contributed by atoms with Gasteiger partial charge < -0.3 is 0 Å². The number of pyridine rings is 1. The first-order chi connectivity index (χ1) is 9.06. The van der Waals surface area contributed by atoms with Crippen LogP contribution < -0.4 is 0 Å². The molecule has 0 saturated heterocycles. The van der Waals surface area contributed by atoms with Crippen LogP contribution in [0, 0.1) is 5.41 Å². The number of aromatic nitrogens is 1. The fraction of sp³-hybridized carbons (Fsp3) is 0.706. The van der Waals surface area contributed by atoms with E-state index in [2.05, 4.69) is 49.8 Å². The molecule has 2 rings (SSSR count). The molecule has 2 nitrogen and oxygen atoms in total. The van der Waals surface area contributed by atoms with Crippen LogP contribution in [0.15, 0.2) is 24.4 Å². The summed E-state index contributed by atoms with van der Waals surface area (Å²) >= 11 is 0. The molecule has 2 heteroatoms. The molecule has 1 heterocycles. The largest absolute Gasteiger partial charge is 0.295 e. The Morgan fingerprint density at radius 3 is 2.58 bits per heavy atom. The average Bonchev–Trinajstić information content (AvgIpc) is 2.47. The van der Waals surface area contributed by atoms with E-state index in [-0.39, 0.29) is 0 Å². The van der Waals surface area contributed by atoms with Crippen molar-refractivity contribution in [2.45, 2.75) is 65.0 Å². The Labute approximate surface area is 118 Å². The third-order valence-corrected chi connectivity index (χ3v) is 5.32. The van der Waals surface area contributed by atoms with Crippen LogP contribution in [0.5, 0.6) is 0 Å². The van der Waals surface area contributed by atoms with Gasteiger partial charge in [0, 0.05) is 18.3 Å². The molecule has 1 saturated carbocycles. The number of hydrogen-bond donors (Lipinski definition) is 0. The highest BCUT2D eigenvalue weighted by atomic mass is 15.2. The zero-order chi connectivity index (χ0) is 13.9. The van der Waals surface area contributed by atoms with Gasteiger partial charge in [0.05, 0.1) is 5.69 Å². The number of rotatable bonds is 4. The van der Waals surface area contributed by atoms with Crippen LogP contribution in [-0.4, -0.2) is 23.0 Å². The van der Waals surface area contributed by atoms with Crippen molar-refractivity contribution >= 4 is 0 Å². The molecule has 19 heavy (non-hydrogen) atoms. The van der Waals surface area contributed by atoms with E-state index in [1.807, 2.05) is 12.3 Å². The maximum Gasteiger partial charge on any atom is 0.0572 e. The Bertz CT molecular complexity index is 380. The first-order valence-corrected chi connectivity index (χ1v) is 7.68. The summed E-state index contributed by atoms with van der Waals surface area (Å²) < 4.78 is 0. The van der Waals surface area contributed by atoms with E-state index in [9.17, 15) is 0 Å². The van der Waals surface area contributed by atoms with Crippen molar-refractivity contribution in [1.82, 2.24) is 9.88 Å². The Hall–Kier alpha value is -0.890. The standard InChI is InChI=1S/C17H28N2/c1-5-17(3)11-9-15(10-12-17)19(4)14(2)16-8-6-7-13-18-16/h6-8,13-15H,5,9-12H2,1-4H3. The molecular weight excluding hydrogens is 232 g/mol. The molecule has 1 fully saturated rings. The van der Waals surface area contributed by atoms with Crippen LogP contribution in [0.2, 0.25) is 0 Å². The van der Waals surface area contributed by atoms with Gasteiger partial charge >= 0.3 is 0 Å². The van der Waals surface area contributed by atoms with Crippen LogP contribution in [0.25, 0.3) is 0 Å².